The third-order valence-corrected chi connectivity index (χ3v) is 4.27. The molecule has 0 saturated carbocycles. The predicted molar refractivity (Wildman–Crippen MR) is 94.0 cm³/mol. The van der Waals surface area contributed by atoms with Crippen molar-refractivity contribution in [3.8, 4) is 16.9 Å². The minimum Gasteiger partial charge on any atom is -0.326 e. The number of hydrogen-bond donors (Lipinski definition) is 1. The minimum absolute atomic E-state index is 0.471. The fourth-order valence-electron chi connectivity index (χ4n) is 2.43. The van der Waals surface area contributed by atoms with Crippen LogP contribution in [0.5, 0.6) is 0 Å². The SMILES string of the molecule is CCc1ccc(-n2cc(CN)c(-c3ccc(Br)cc3)n2)cc1. The summed E-state index contributed by atoms with van der Waals surface area (Å²) in [5.74, 6) is 0. The molecule has 112 valence electrons. The van der Waals surface area contributed by atoms with E-state index in [1.807, 2.05) is 23.0 Å². The van der Waals surface area contributed by atoms with Crippen LogP contribution in [0.15, 0.2) is 59.2 Å². The van der Waals surface area contributed by atoms with Gasteiger partial charge in [-0.15, -0.1) is 0 Å². The van der Waals surface area contributed by atoms with E-state index in [2.05, 4.69) is 59.3 Å². The van der Waals surface area contributed by atoms with Gasteiger partial charge in [-0.1, -0.05) is 47.1 Å². The maximum absolute atomic E-state index is 5.89. The van der Waals surface area contributed by atoms with Crippen LogP contribution in [-0.4, -0.2) is 9.78 Å². The van der Waals surface area contributed by atoms with Gasteiger partial charge in [0, 0.05) is 28.3 Å². The topological polar surface area (TPSA) is 43.8 Å². The molecule has 2 aromatic carbocycles. The molecule has 3 nitrogen and oxygen atoms in total. The Hall–Kier alpha value is -1.91. The number of hydrogen-bond acceptors (Lipinski definition) is 2. The number of benzene rings is 2. The van der Waals surface area contributed by atoms with E-state index in [4.69, 9.17) is 10.8 Å². The first-order chi connectivity index (χ1) is 10.7. The van der Waals surface area contributed by atoms with Crippen LogP contribution in [0.4, 0.5) is 0 Å². The fraction of sp³-hybridized carbons (Fsp3) is 0.167. The summed E-state index contributed by atoms with van der Waals surface area (Å²) in [6.45, 7) is 2.62. The number of nitrogens with two attached hydrogens (primary N) is 1. The predicted octanol–water partition coefficient (Wildman–Crippen LogP) is 4.32. The quantitative estimate of drug-likeness (QED) is 0.757. The van der Waals surface area contributed by atoms with E-state index in [9.17, 15) is 0 Å². The van der Waals surface area contributed by atoms with Crippen molar-refractivity contribution in [1.29, 1.82) is 0 Å². The van der Waals surface area contributed by atoms with E-state index in [1.54, 1.807) is 0 Å². The summed E-state index contributed by atoms with van der Waals surface area (Å²) in [4.78, 5) is 0. The van der Waals surface area contributed by atoms with Crippen LogP contribution in [0.3, 0.4) is 0 Å². The molecule has 3 aromatic rings. The lowest BCUT2D eigenvalue weighted by Gasteiger charge is -2.03. The zero-order valence-electron chi connectivity index (χ0n) is 12.5. The lowest BCUT2D eigenvalue weighted by molar-refractivity contribution is 0.881. The molecule has 0 spiro atoms. The Morgan fingerprint density at radius 1 is 1.05 bits per heavy atom. The van der Waals surface area contributed by atoms with E-state index < -0.39 is 0 Å². The molecular weight excluding hydrogens is 338 g/mol. The monoisotopic (exact) mass is 355 g/mol. The van der Waals surface area contributed by atoms with E-state index in [0.717, 1.165) is 33.4 Å². The highest BCUT2D eigenvalue weighted by Gasteiger charge is 2.11. The maximum Gasteiger partial charge on any atom is 0.0972 e. The van der Waals surface area contributed by atoms with E-state index >= 15 is 0 Å². The van der Waals surface area contributed by atoms with Crippen LogP contribution in [0.25, 0.3) is 16.9 Å². The van der Waals surface area contributed by atoms with Crippen molar-refractivity contribution in [2.75, 3.05) is 0 Å². The lowest BCUT2D eigenvalue weighted by Crippen LogP contribution is -1.96. The Balaban J connectivity index is 2.01. The molecule has 0 aliphatic rings. The Morgan fingerprint density at radius 3 is 2.32 bits per heavy atom. The number of halogens is 1. The Bertz CT molecular complexity index is 758. The average molecular weight is 356 g/mol. The normalized spacial score (nSPS) is 10.9. The summed E-state index contributed by atoms with van der Waals surface area (Å²) in [6, 6.07) is 16.6. The maximum atomic E-state index is 5.89. The molecule has 0 amide bonds. The van der Waals surface area contributed by atoms with Crippen molar-refractivity contribution >= 4 is 15.9 Å². The summed E-state index contributed by atoms with van der Waals surface area (Å²) in [7, 11) is 0. The number of rotatable bonds is 4. The van der Waals surface area contributed by atoms with Gasteiger partial charge in [-0.25, -0.2) is 4.68 Å². The van der Waals surface area contributed by atoms with Crippen LogP contribution in [0.1, 0.15) is 18.1 Å². The van der Waals surface area contributed by atoms with Gasteiger partial charge in [-0.05, 0) is 36.2 Å². The lowest BCUT2D eigenvalue weighted by atomic mass is 10.1. The second-order valence-corrected chi connectivity index (χ2v) is 6.09. The molecule has 0 aliphatic carbocycles. The van der Waals surface area contributed by atoms with Gasteiger partial charge < -0.3 is 5.73 Å². The van der Waals surface area contributed by atoms with Crippen molar-refractivity contribution in [3.05, 3.63) is 70.3 Å². The molecule has 0 aliphatic heterocycles. The van der Waals surface area contributed by atoms with Crippen molar-refractivity contribution in [1.82, 2.24) is 9.78 Å². The van der Waals surface area contributed by atoms with Crippen molar-refractivity contribution in [2.24, 2.45) is 5.73 Å². The van der Waals surface area contributed by atoms with Gasteiger partial charge in [-0.3, -0.25) is 0 Å². The van der Waals surface area contributed by atoms with E-state index in [0.29, 0.717) is 6.54 Å². The molecule has 1 aromatic heterocycles. The summed E-state index contributed by atoms with van der Waals surface area (Å²) in [5.41, 5.74) is 11.3. The Morgan fingerprint density at radius 2 is 1.73 bits per heavy atom. The molecule has 0 bridgehead atoms. The molecule has 0 fully saturated rings. The summed E-state index contributed by atoms with van der Waals surface area (Å²) < 4.78 is 2.96. The molecule has 22 heavy (non-hydrogen) atoms. The second-order valence-electron chi connectivity index (χ2n) is 5.18. The smallest absolute Gasteiger partial charge is 0.0972 e. The highest BCUT2D eigenvalue weighted by atomic mass is 79.9. The first-order valence-corrected chi connectivity index (χ1v) is 8.14. The van der Waals surface area contributed by atoms with Gasteiger partial charge in [0.05, 0.1) is 11.4 Å². The van der Waals surface area contributed by atoms with Crippen LogP contribution in [-0.2, 0) is 13.0 Å². The summed E-state index contributed by atoms with van der Waals surface area (Å²) >= 11 is 3.46. The number of nitrogens with zero attached hydrogens (tertiary/aromatic N) is 2. The first-order valence-electron chi connectivity index (χ1n) is 7.35. The van der Waals surface area contributed by atoms with Gasteiger partial charge in [0.2, 0.25) is 0 Å². The van der Waals surface area contributed by atoms with E-state index in [1.165, 1.54) is 5.56 Å². The van der Waals surface area contributed by atoms with Gasteiger partial charge in [0.15, 0.2) is 0 Å². The van der Waals surface area contributed by atoms with Gasteiger partial charge in [0.1, 0.15) is 0 Å². The standard InChI is InChI=1S/C18H18BrN3/c1-2-13-3-9-17(10-4-13)22-12-15(11-20)18(21-22)14-5-7-16(19)8-6-14/h3-10,12H,2,11,20H2,1H3. The van der Waals surface area contributed by atoms with Crippen molar-refractivity contribution in [2.45, 2.75) is 19.9 Å². The third kappa shape index (κ3) is 2.98. The van der Waals surface area contributed by atoms with Gasteiger partial charge in [-0.2, -0.15) is 5.10 Å². The molecule has 2 N–H and O–H groups in total. The summed E-state index contributed by atoms with van der Waals surface area (Å²) in [6.07, 6.45) is 3.05. The van der Waals surface area contributed by atoms with Crippen LogP contribution < -0.4 is 5.73 Å². The molecule has 0 atom stereocenters. The van der Waals surface area contributed by atoms with Gasteiger partial charge in [0.25, 0.3) is 0 Å². The minimum atomic E-state index is 0.471. The van der Waals surface area contributed by atoms with Crippen molar-refractivity contribution in [3.63, 3.8) is 0 Å². The van der Waals surface area contributed by atoms with Crippen molar-refractivity contribution < 1.29 is 0 Å². The molecule has 0 unspecified atom stereocenters. The number of aromatic nitrogens is 2. The van der Waals surface area contributed by atoms with Gasteiger partial charge >= 0.3 is 0 Å². The van der Waals surface area contributed by atoms with Crippen LogP contribution in [0, 0.1) is 0 Å². The Labute approximate surface area is 138 Å². The second kappa shape index (κ2) is 6.46. The Kier molecular flexibility index (Phi) is 4.41. The highest BCUT2D eigenvalue weighted by Crippen LogP contribution is 2.25. The molecule has 0 saturated heterocycles. The average Bonchev–Trinajstić information content (AvgIpc) is 3.00. The first kappa shape index (κ1) is 15.0. The fourth-order valence-corrected chi connectivity index (χ4v) is 2.69. The molecule has 0 radical (unpaired) electrons. The molecule has 3 rings (SSSR count). The molecule has 4 heteroatoms. The number of aryl methyl sites for hydroxylation is 1. The molecule has 1 heterocycles. The zero-order valence-corrected chi connectivity index (χ0v) is 14.0. The molecular formula is C18H18BrN3. The largest absolute Gasteiger partial charge is 0.326 e. The highest BCUT2D eigenvalue weighted by molar-refractivity contribution is 9.10. The zero-order chi connectivity index (χ0) is 15.5. The van der Waals surface area contributed by atoms with Crippen LogP contribution in [0.2, 0.25) is 0 Å². The third-order valence-electron chi connectivity index (χ3n) is 3.74. The summed E-state index contributed by atoms with van der Waals surface area (Å²) in [5, 5.41) is 4.73. The van der Waals surface area contributed by atoms with Crippen LogP contribution >= 0.6 is 15.9 Å². The van der Waals surface area contributed by atoms with E-state index in [-0.39, 0.29) is 0 Å².